The molecule has 0 radical (unpaired) electrons. The molecule has 1 aromatic carbocycles. The molecule has 2 aliphatic rings. The maximum Gasteiger partial charge on any atom is 0.253 e. The van der Waals surface area contributed by atoms with Crippen LogP contribution in [0.2, 0.25) is 0 Å². The fourth-order valence-electron chi connectivity index (χ4n) is 3.94. The normalized spacial score (nSPS) is 19.0. The summed E-state index contributed by atoms with van der Waals surface area (Å²) < 4.78 is 5.82. The van der Waals surface area contributed by atoms with E-state index in [-0.39, 0.29) is 5.91 Å². The van der Waals surface area contributed by atoms with Gasteiger partial charge < -0.3 is 15.0 Å². The largest absolute Gasteiger partial charge is 0.487 e. The van der Waals surface area contributed by atoms with Crippen LogP contribution in [-0.4, -0.2) is 42.0 Å². The fraction of sp³-hybridized carbons (Fsp3) is 0.500. The van der Waals surface area contributed by atoms with Gasteiger partial charge in [0.15, 0.2) is 0 Å². The number of nitrogens with one attached hydrogen (secondary N) is 1. The number of benzene rings is 1. The Kier molecular flexibility index (Phi) is 4.96. The van der Waals surface area contributed by atoms with Gasteiger partial charge in [-0.15, -0.1) is 11.3 Å². The molecule has 0 aliphatic carbocycles. The van der Waals surface area contributed by atoms with E-state index in [1.807, 2.05) is 41.5 Å². The van der Waals surface area contributed by atoms with Gasteiger partial charge in [-0.2, -0.15) is 0 Å². The first-order valence-corrected chi connectivity index (χ1v) is 10.2. The predicted molar refractivity (Wildman–Crippen MR) is 103 cm³/mol. The molecule has 1 aromatic heterocycles. The minimum absolute atomic E-state index is 0.112. The molecule has 0 bridgehead atoms. The second-order valence-corrected chi connectivity index (χ2v) is 8.46. The van der Waals surface area contributed by atoms with Gasteiger partial charge in [0.1, 0.15) is 12.4 Å². The van der Waals surface area contributed by atoms with E-state index < -0.39 is 0 Å². The average molecular weight is 372 g/mol. The van der Waals surface area contributed by atoms with Crippen molar-refractivity contribution >= 4 is 17.2 Å². The maximum atomic E-state index is 12.9. The fourth-order valence-corrected chi connectivity index (χ4v) is 4.54. The van der Waals surface area contributed by atoms with Gasteiger partial charge in [0, 0.05) is 30.6 Å². The number of hydrogen-bond donors (Lipinski definition) is 1. The molecule has 6 heteroatoms. The average Bonchev–Trinajstić information content (AvgIpc) is 3.30. The number of ether oxygens (including phenoxy) is 1. The van der Waals surface area contributed by atoms with Gasteiger partial charge >= 0.3 is 0 Å². The van der Waals surface area contributed by atoms with E-state index in [9.17, 15) is 4.79 Å². The van der Waals surface area contributed by atoms with E-state index in [1.165, 1.54) is 6.42 Å². The topological polar surface area (TPSA) is 54.5 Å². The van der Waals surface area contributed by atoms with Crippen molar-refractivity contribution in [2.75, 3.05) is 26.2 Å². The molecule has 0 atom stereocenters. The molecule has 2 fully saturated rings. The van der Waals surface area contributed by atoms with Gasteiger partial charge in [-0.1, -0.05) is 6.07 Å². The summed E-state index contributed by atoms with van der Waals surface area (Å²) in [5.41, 5.74) is 2.06. The van der Waals surface area contributed by atoms with Crippen LogP contribution in [0.1, 0.15) is 40.3 Å². The third-order valence-electron chi connectivity index (χ3n) is 5.58. The number of carbonyl (C=O) groups is 1. The highest BCUT2D eigenvalue weighted by Crippen LogP contribution is 2.37. The molecule has 0 unspecified atom stereocenters. The SMILES string of the molecule is Cc1nc(COc2cccc(C(=O)N3CCC4(CCNC4)CC3)c2)cs1. The Hall–Kier alpha value is -1.92. The first kappa shape index (κ1) is 17.5. The predicted octanol–water partition coefficient (Wildman–Crippen LogP) is 3.25. The summed E-state index contributed by atoms with van der Waals surface area (Å²) in [6.45, 7) is 6.34. The van der Waals surface area contributed by atoms with Crippen molar-refractivity contribution in [3.05, 3.63) is 45.9 Å². The van der Waals surface area contributed by atoms with Crippen LogP contribution in [0, 0.1) is 12.3 Å². The number of hydrogen-bond acceptors (Lipinski definition) is 5. The van der Waals surface area contributed by atoms with Gasteiger partial charge in [0.05, 0.1) is 10.7 Å². The summed E-state index contributed by atoms with van der Waals surface area (Å²) in [6, 6.07) is 7.51. The smallest absolute Gasteiger partial charge is 0.253 e. The summed E-state index contributed by atoms with van der Waals surface area (Å²) in [7, 11) is 0. The molecule has 138 valence electrons. The molecule has 2 saturated heterocycles. The van der Waals surface area contributed by atoms with Gasteiger partial charge in [-0.25, -0.2) is 4.98 Å². The van der Waals surface area contributed by atoms with Crippen LogP contribution in [0.3, 0.4) is 0 Å². The van der Waals surface area contributed by atoms with Crippen molar-refractivity contribution < 1.29 is 9.53 Å². The number of nitrogens with zero attached hydrogens (tertiary/aromatic N) is 2. The monoisotopic (exact) mass is 371 g/mol. The number of aromatic nitrogens is 1. The van der Waals surface area contributed by atoms with Crippen molar-refractivity contribution in [1.29, 1.82) is 0 Å². The molecular weight excluding hydrogens is 346 g/mol. The van der Waals surface area contributed by atoms with Crippen LogP contribution in [-0.2, 0) is 6.61 Å². The summed E-state index contributed by atoms with van der Waals surface area (Å²) in [4.78, 5) is 19.3. The second kappa shape index (κ2) is 7.37. The lowest BCUT2D eigenvalue weighted by atomic mass is 9.78. The zero-order chi connectivity index (χ0) is 18.0. The lowest BCUT2D eigenvalue weighted by molar-refractivity contribution is 0.0607. The standard InChI is InChI=1S/C20H25N3O2S/c1-15-22-17(13-26-15)12-25-18-4-2-3-16(11-18)19(24)23-9-6-20(7-10-23)5-8-21-14-20/h2-4,11,13,21H,5-10,12,14H2,1H3. The molecule has 26 heavy (non-hydrogen) atoms. The molecule has 3 heterocycles. The molecule has 5 nitrogen and oxygen atoms in total. The Morgan fingerprint density at radius 2 is 2.19 bits per heavy atom. The van der Waals surface area contributed by atoms with E-state index in [2.05, 4.69) is 10.3 Å². The first-order valence-electron chi connectivity index (χ1n) is 9.27. The number of aryl methyl sites for hydroxylation is 1. The van der Waals surface area contributed by atoms with Crippen LogP contribution in [0.15, 0.2) is 29.6 Å². The van der Waals surface area contributed by atoms with E-state index >= 15 is 0 Å². The Labute approximate surface area is 158 Å². The molecule has 1 N–H and O–H groups in total. The Morgan fingerprint density at radius 1 is 1.35 bits per heavy atom. The summed E-state index contributed by atoms with van der Waals surface area (Å²) in [6.07, 6.45) is 3.45. The molecule has 0 saturated carbocycles. The number of amides is 1. The third-order valence-corrected chi connectivity index (χ3v) is 6.40. The Bertz CT molecular complexity index is 773. The number of carbonyl (C=O) groups excluding carboxylic acids is 1. The third kappa shape index (κ3) is 3.76. The van der Waals surface area contributed by atoms with Crippen LogP contribution in [0.4, 0.5) is 0 Å². The Morgan fingerprint density at radius 3 is 2.88 bits per heavy atom. The highest BCUT2D eigenvalue weighted by Gasteiger charge is 2.38. The van der Waals surface area contributed by atoms with Crippen molar-refractivity contribution in [2.24, 2.45) is 5.41 Å². The van der Waals surface area contributed by atoms with E-state index in [1.54, 1.807) is 11.3 Å². The van der Waals surface area contributed by atoms with Gasteiger partial charge in [0.2, 0.25) is 0 Å². The van der Waals surface area contributed by atoms with Gasteiger partial charge in [-0.3, -0.25) is 4.79 Å². The zero-order valence-electron chi connectivity index (χ0n) is 15.2. The number of piperidine rings is 1. The van der Waals surface area contributed by atoms with Gasteiger partial charge in [0.25, 0.3) is 5.91 Å². The highest BCUT2D eigenvalue weighted by molar-refractivity contribution is 7.09. The molecule has 1 amide bonds. The molecular formula is C20H25N3O2S. The quantitative estimate of drug-likeness (QED) is 0.896. The number of likely N-dealkylation sites (tertiary alicyclic amines) is 1. The maximum absolute atomic E-state index is 12.9. The van der Waals surface area contributed by atoms with Crippen LogP contribution in [0.5, 0.6) is 5.75 Å². The summed E-state index contributed by atoms with van der Waals surface area (Å²) in [5.74, 6) is 0.829. The molecule has 2 aliphatic heterocycles. The lowest BCUT2D eigenvalue weighted by Crippen LogP contribution is -2.44. The second-order valence-electron chi connectivity index (χ2n) is 7.39. The van der Waals surface area contributed by atoms with Crippen molar-refractivity contribution in [3.8, 4) is 5.75 Å². The minimum atomic E-state index is 0.112. The van der Waals surface area contributed by atoms with Crippen LogP contribution < -0.4 is 10.1 Å². The van der Waals surface area contributed by atoms with Gasteiger partial charge in [-0.05, 0) is 56.3 Å². The van der Waals surface area contributed by atoms with Crippen molar-refractivity contribution in [3.63, 3.8) is 0 Å². The minimum Gasteiger partial charge on any atom is -0.487 e. The lowest BCUT2D eigenvalue weighted by Gasteiger charge is -2.38. The molecule has 1 spiro atoms. The molecule has 2 aromatic rings. The molecule has 4 rings (SSSR count). The Balaban J connectivity index is 1.37. The van der Waals surface area contributed by atoms with Crippen LogP contribution in [0.25, 0.3) is 0 Å². The van der Waals surface area contributed by atoms with E-state index in [0.29, 0.717) is 17.6 Å². The van der Waals surface area contributed by atoms with E-state index in [0.717, 1.165) is 55.5 Å². The van der Waals surface area contributed by atoms with Crippen molar-refractivity contribution in [2.45, 2.75) is 32.8 Å². The number of thiazole rings is 1. The number of rotatable bonds is 4. The van der Waals surface area contributed by atoms with Crippen LogP contribution >= 0.6 is 11.3 Å². The highest BCUT2D eigenvalue weighted by atomic mass is 32.1. The summed E-state index contributed by atoms with van der Waals surface area (Å²) in [5, 5.41) is 6.51. The zero-order valence-corrected chi connectivity index (χ0v) is 16.0. The van der Waals surface area contributed by atoms with E-state index in [4.69, 9.17) is 4.74 Å². The first-order chi connectivity index (χ1) is 12.6. The summed E-state index contributed by atoms with van der Waals surface area (Å²) >= 11 is 1.62. The van der Waals surface area contributed by atoms with Crippen molar-refractivity contribution in [1.82, 2.24) is 15.2 Å².